The number of nitrogens with one attached hydrogen (secondary N) is 1. The van der Waals surface area contributed by atoms with Crippen LogP contribution in [-0.4, -0.2) is 6.54 Å². The van der Waals surface area contributed by atoms with E-state index < -0.39 is 0 Å². The van der Waals surface area contributed by atoms with Gasteiger partial charge in [0, 0.05) is 13.1 Å². The third-order valence-electron chi connectivity index (χ3n) is 1.93. The first kappa shape index (κ1) is 10.7. The Labute approximate surface area is 85.2 Å². The number of thiophene rings is 1. The normalized spacial score (nSPS) is 12.0. The maximum absolute atomic E-state index is 3.48. The van der Waals surface area contributed by atoms with E-state index in [0.717, 1.165) is 13.1 Å². The highest BCUT2D eigenvalue weighted by Gasteiger charge is 2.09. The Morgan fingerprint density at radius 2 is 2.00 bits per heavy atom. The third kappa shape index (κ3) is 3.92. The Morgan fingerprint density at radius 1 is 1.31 bits per heavy atom. The summed E-state index contributed by atoms with van der Waals surface area (Å²) in [7, 11) is 0. The minimum Gasteiger partial charge on any atom is -0.312 e. The maximum atomic E-state index is 3.48. The van der Waals surface area contributed by atoms with Crippen molar-refractivity contribution >= 4 is 11.3 Å². The standard InChI is InChI=1S/C11H19NS/c1-9-6-13-7-10(9)5-12-8-11(2,3)4/h6-7,12H,5,8H2,1-4H3. The Balaban J connectivity index is 2.32. The van der Waals surface area contributed by atoms with Crippen LogP contribution in [0.2, 0.25) is 0 Å². The van der Waals surface area contributed by atoms with E-state index in [1.54, 1.807) is 11.3 Å². The Bertz CT molecular complexity index is 257. The molecule has 1 aromatic heterocycles. The van der Waals surface area contributed by atoms with E-state index in [-0.39, 0.29) is 0 Å². The van der Waals surface area contributed by atoms with Crippen LogP contribution in [0.4, 0.5) is 0 Å². The average molecular weight is 197 g/mol. The van der Waals surface area contributed by atoms with Gasteiger partial charge in [-0.1, -0.05) is 20.8 Å². The molecule has 0 aromatic carbocycles. The Hall–Kier alpha value is -0.340. The number of hydrogen-bond donors (Lipinski definition) is 1. The second-order valence-corrected chi connectivity index (χ2v) is 5.49. The molecule has 0 saturated heterocycles. The lowest BCUT2D eigenvalue weighted by Crippen LogP contribution is -2.26. The van der Waals surface area contributed by atoms with Crippen LogP contribution in [0.5, 0.6) is 0 Å². The van der Waals surface area contributed by atoms with Gasteiger partial charge >= 0.3 is 0 Å². The Morgan fingerprint density at radius 3 is 2.46 bits per heavy atom. The van der Waals surface area contributed by atoms with Gasteiger partial charge < -0.3 is 5.32 Å². The molecule has 0 fully saturated rings. The molecule has 0 radical (unpaired) electrons. The van der Waals surface area contributed by atoms with Crippen LogP contribution < -0.4 is 5.32 Å². The third-order valence-corrected chi connectivity index (χ3v) is 2.84. The molecule has 1 rings (SSSR count). The van der Waals surface area contributed by atoms with Crippen LogP contribution >= 0.6 is 11.3 Å². The molecule has 0 amide bonds. The number of hydrogen-bond acceptors (Lipinski definition) is 2. The summed E-state index contributed by atoms with van der Waals surface area (Å²) in [6.45, 7) is 11.0. The van der Waals surface area contributed by atoms with Gasteiger partial charge in [0.2, 0.25) is 0 Å². The van der Waals surface area contributed by atoms with Gasteiger partial charge in [-0.05, 0) is 34.2 Å². The highest BCUT2D eigenvalue weighted by molar-refractivity contribution is 7.08. The zero-order valence-corrected chi connectivity index (χ0v) is 9.79. The van der Waals surface area contributed by atoms with E-state index in [9.17, 15) is 0 Å². The smallest absolute Gasteiger partial charge is 0.0216 e. The van der Waals surface area contributed by atoms with Crippen molar-refractivity contribution < 1.29 is 0 Å². The monoisotopic (exact) mass is 197 g/mol. The van der Waals surface area contributed by atoms with Crippen molar-refractivity contribution in [3.05, 3.63) is 21.9 Å². The van der Waals surface area contributed by atoms with Gasteiger partial charge in [0.25, 0.3) is 0 Å². The highest BCUT2D eigenvalue weighted by Crippen LogP contribution is 2.14. The summed E-state index contributed by atoms with van der Waals surface area (Å²) in [5.74, 6) is 0. The van der Waals surface area contributed by atoms with Gasteiger partial charge in [-0.3, -0.25) is 0 Å². The predicted molar refractivity (Wildman–Crippen MR) is 60.2 cm³/mol. The van der Waals surface area contributed by atoms with Crippen LogP contribution in [-0.2, 0) is 6.54 Å². The molecule has 0 aliphatic carbocycles. The first-order chi connectivity index (χ1) is 5.99. The van der Waals surface area contributed by atoms with E-state index in [2.05, 4.69) is 43.8 Å². The zero-order valence-electron chi connectivity index (χ0n) is 8.98. The van der Waals surface area contributed by atoms with Crippen LogP contribution in [0.25, 0.3) is 0 Å². The average Bonchev–Trinajstić information content (AvgIpc) is 2.34. The molecule has 0 aliphatic rings. The molecule has 0 spiro atoms. The SMILES string of the molecule is Cc1cscc1CNCC(C)(C)C. The van der Waals surface area contributed by atoms with Crippen molar-refractivity contribution in [2.24, 2.45) is 5.41 Å². The summed E-state index contributed by atoms with van der Waals surface area (Å²) in [5.41, 5.74) is 3.23. The van der Waals surface area contributed by atoms with Crippen molar-refractivity contribution in [3.63, 3.8) is 0 Å². The summed E-state index contributed by atoms with van der Waals surface area (Å²) < 4.78 is 0. The van der Waals surface area contributed by atoms with Gasteiger partial charge in [-0.2, -0.15) is 11.3 Å². The minimum absolute atomic E-state index is 0.379. The van der Waals surface area contributed by atoms with Gasteiger partial charge in [0.15, 0.2) is 0 Å². The number of rotatable bonds is 3. The molecule has 0 saturated carbocycles. The topological polar surface area (TPSA) is 12.0 Å². The van der Waals surface area contributed by atoms with E-state index in [1.165, 1.54) is 11.1 Å². The maximum Gasteiger partial charge on any atom is 0.0216 e. The van der Waals surface area contributed by atoms with Crippen molar-refractivity contribution in [2.75, 3.05) is 6.54 Å². The molecular formula is C11H19NS. The summed E-state index contributed by atoms with van der Waals surface area (Å²) >= 11 is 1.78. The van der Waals surface area contributed by atoms with Crippen molar-refractivity contribution in [3.8, 4) is 0 Å². The van der Waals surface area contributed by atoms with Gasteiger partial charge in [-0.15, -0.1) is 0 Å². The minimum atomic E-state index is 0.379. The van der Waals surface area contributed by atoms with Crippen LogP contribution in [0, 0.1) is 12.3 Å². The van der Waals surface area contributed by atoms with Crippen LogP contribution in [0.3, 0.4) is 0 Å². The van der Waals surface area contributed by atoms with E-state index >= 15 is 0 Å². The summed E-state index contributed by atoms with van der Waals surface area (Å²) in [6.07, 6.45) is 0. The lowest BCUT2D eigenvalue weighted by Gasteiger charge is -2.18. The highest BCUT2D eigenvalue weighted by atomic mass is 32.1. The second-order valence-electron chi connectivity index (χ2n) is 4.74. The summed E-state index contributed by atoms with van der Waals surface area (Å²) in [6, 6.07) is 0. The van der Waals surface area contributed by atoms with Crippen molar-refractivity contribution in [2.45, 2.75) is 34.2 Å². The summed E-state index contributed by atoms with van der Waals surface area (Å²) in [4.78, 5) is 0. The molecule has 0 atom stereocenters. The van der Waals surface area contributed by atoms with Crippen molar-refractivity contribution in [1.29, 1.82) is 0 Å². The quantitative estimate of drug-likeness (QED) is 0.784. The Kier molecular flexibility index (Phi) is 3.51. The molecule has 2 heteroatoms. The summed E-state index contributed by atoms with van der Waals surface area (Å²) in [5, 5.41) is 7.90. The fraction of sp³-hybridized carbons (Fsp3) is 0.636. The van der Waals surface area contributed by atoms with E-state index in [0.29, 0.717) is 5.41 Å². The molecule has 0 unspecified atom stereocenters. The van der Waals surface area contributed by atoms with Gasteiger partial charge in [-0.25, -0.2) is 0 Å². The second kappa shape index (κ2) is 4.25. The molecule has 1 heterocycles. The molecule has 74 valence electrons. The first-order valence-electron chi connectivity index (χ1n) is 4.71. The van der Waals surface area contributed by atoms with Crippen LogP contribution in [0.15, 0.2) is 10.8 Å². The lowest BCUT2D eigenvalue weighted by molar-refractivity contribution is 0.379. The molecular weight excluding hydrogens is 178 g/mol. The molecule has 1 aromatic rings. The van der Waals surface area contributed by atoms with Gasteiger partial charge in [0.1, 0.15) is 0 Å². The van der Waals surface area contributed by atoms with Crippen molar-refractivity contribution in [1.82, 2.24) is 5.32 Å². The fourth-order valence-corrected chi connectivity index (χ4v) is 2.00. The first-order valence-corrected chi connectivity index (χ1v) is 5.66. The lowest BCUT2D eigenvalue weighted by atomic mass is 9.97. The van der Waals surface area contributed by atoms with E-state index in [4.69, 9.17) is 0 Å². The van der Waals surface area contributed by atoms with Crippen LogP contribution in [0.1, 0.15) is 31.9 Å². The molecule has 1 N–H and O–H groups in total. The molecule has 1 nitrogen and oxygen atoms in total. The largest absolute Gasteiger partial charge is 0.312 e. The molecule has 0 bridgehead atoms. The fourth-order valence-electron chi connectivity index (χ4n) is 1.14. The predicted octanol–water partition coefficient (Wildman–Crippen LogP) is 3.19. The molecule has 0 aliphatic heterocycles. The number of aryl methyl sites for hydroxylation is 1. The zero-order chi connectivity index (χ0) is 9.90. The van der Waals surface area contributed by atoms with Gasteiger partial charge in [0.05, 0.1) is 0 Å². The van der Waals surface area contributed by atoms with E-state index in [1.807, 2.05) is 0 Å². The molecule has 13 heavy (non-hydrogen) atoms.